The number of carbonyl (C=O) groups excluding carboxylic acids is 1. The van der Waals surface area contributed by atoms with E-state index < -0.39 is 23.3 Å². The Morgan fingerprint density at radius 1 is 1.16 bits per heavy atom. The zero-order valence-corrected chi connectivity index (χ0v) is 18.1. The number of amides is 1. The zero-order valence-electron chi connectivity index (χ0n) is 18.1. The zero-order chi connectivity index (χ0) is 23.6. The lowest BCUT2D eigenvalue weighted by molar-refractivity contribution is -0.137. The Balaban J connectivity index is 1.82. The summed E-state index contributed by atoms with van der Waals surface area (Å²) in [5, 5.41) is 3.25. The molecule has 9 heteroatoms. The number of methoxy groups -OCH3 is 1. The average Bonchev–Trinajstić information content (AvgIpc) is 2.72. The molecule has 1 N–H and O–H groups in total. The van der Waals surface area contributed by atoms with Crippen molar-refractivity contribution >= 4 is 28.3 Å². The number of nitrogens with one attached hydrogen (secondary N) is 1. The highest BCUT2D eigenvalue weighted by molar-refractivity contribution is 5.94. The smallest absolute Gasteiger partial charge is 0.416 e. The lowest BCUT2D eigenvalue weighted by Crippen LogP contribution is -2.19. The molecule has 1 amide bonds. The molecule has 0 saturated carbocycles. The van der Waals surface area contributed by atoms with Crippen LogP contribution in [0.4, 0.5) is 24.5 Å². The second kappa shape index (κ2) is 8.94. The highest BCUT2D eigenvalue weighted by Crippen LogP contribution is 2.35. The average molecular weight is 448 g/mol. The van der Waals surface area contributed by atoms with Crippen LogP contribution in [0, 0.1) is 6.92 Å². The molecule has 3 aromatic rings. The van der Waals surface area contributed by atoms with Crippen LogP contribution in [0.25, 0.3) is 11.0 Å². The number of nitrogens with zero attached hydrogens (tertiary/aromatic N) is 1. The number of rotatable bonds is 6. The van der Waals surface area contributed by atoms with Gasteiger partial charge in [0.25, 0.3) is 0 Å². The van der Waals surface area contributed by atoms with Crippen molar-refractivity contribution in [2.75, 3.05) is 31.4 Å². The van der Waals surface area contributed by atoms with Crippen LogP contribution in [0.15, 0.2) is 45.6 Å². The number of benzene rings is 2. The molecule has 0 spiro atoms. The minimum absolute atomic E-state index is 0.0455. The van der Waals surface area contributed by atoms with Crippen molar-refractivity contribution in [3.8, 4) is 5.75 Å². The van der Waals surface area contributed by atoms with E-state index in [9.17, 15) is 22.8 Å². The molecule has 32 heavy (non-hydrogen) atoms. The number of hydrogen-bond acceptors (Lipinski definition) is 5. The molecule has 0 atom stereocenters. The van der Waals surface area contributed by atoms with Crippen molar-refractivity contribution in [3.05, 3.63) is 63.5 Å². The largest absolute Gasteiger partial charge is 0.497 e. The minimum atomic E-state index is -4.53. The Morgan fingerprint density at radius 3 is 2.50 bits per heavy atom. The van der Waals surface area contributed by atoms with E-state index in [1.54, 1.807) is 44.1 Å². The molecule has 0 aliphatic carbocycles. The third kappa shape index (κ3) is 4.87. The van der Waals surface area contributed by atoms with E-state index in [-0.39, 0.29) is 18.5 Å². The Morgan fingerprint density at radius 2 is 1.88 bits per heavy atom. The number of fused-ring (bicyclic) bond motifs is 1. The fraction of sp³-hybridized carbons (Fsp3) is 0.304. The van der Waals surface area contributed by atoms with Gasteiger partial charge in [0, 0.05) is 37.5 Å². The normalized spacial score (nSPS) is 11.5. The van der Waals surface area contributed by atoms with Crippen LogP contribution in [0.3, 0.4) is 0 Å². The van der Waals surface area contributed by atoms with Gasteiger partial charge in [0.2, 0.25) is 5.91 Å². The summed E-state index contributed by atoms with van der Waals surface area (Å²) in [7, 11) is 4.83. The molecule has 0 aliphatic rings. The molecule has 1 aromatic heterocycles. The summed E-state index contributed by atoms with van der Waals surface area (Å²) in [6.07, 6.45) is -4.55. The second-order valence-corrected chi connectivity index (χ2v) is 7.53. The molecule has 170 valence electrons. The van der Waals surface area contributed by atoms with Gasteiger partial charge in [0.05, 0.1) is 24.0 Å². The first-order valence-corrected chi connectivity index (χ1v) is 9.80. The van der Waals surface area contributed by atoms with Gasteiger partial charge >= 0.3 is 11.8 Å². The van der Waals surface area contributed by atoms with Crippen LogP contribution in [0.5, 0.6) is 5.75 Å². The maximum absolute atomic E-state index is 13.1. The van der Waals surface area contributed by atoms with Crippen molar-refractivity contribution < 1.29 is 27.1 Å². The SMILES string of the molecule is COc1ccc2c(C)c(CCC(=O)Nc3cc(C(F)(F)F)ccc3N(C)C)c(=O)oc2c1. The molecular formula is C23H23F3N2O4. The van der Waals surface area contributed by atoms with Crippen LogP contribution in [-0.2, 0) is 17.4 Å². The molecule has 0 unspecified atom stereocenters. The predicted molar refractivity (Wildman–Crippen MR) is 116 cm³/mol. The summed E-state index contributed by atoms with van der Waals surface area (Å²) >= 11 is 0. The van der Waals surface area contributed by atoms with Gasteiger partial charge in [-0.1, -0.05) is 0 Å². The number of anilines is 2. The van der Waals surface area contributed by atoms with E-state index in [2.05, 4.69) is 5.32 Å². The van der Waals surface area contributed by atoms with Crippen molar-refractivity contribution in [1.29, 1.82) is 0 Å². The molecule has 0 fully saturated rings. The van der Waals surface area contributed by atoms with Gasteiger partial charge in [-0.15, -0.1) is 0 Å². The van der Waals surface area contributed by atoms with Gasteiger partial charge in [0.15, 0.2) is 0 Å². The van der Waals surface area contributed by atoms with E-state index in [4.69, 9.17) is 9.15 Å². The van der Waals surface area contributed by atoms with Crippen LogP contribution in [0.1, 0.15) is 23.1 Å². The Hall–Kier alpha value is -3.49. The predicted octanol–water partition coefficient (Wildman–Crippen LogP) is 4.77. The number of halogens is 3. The first-order valence-electron chi connectivity index (χ1n) is 9.80. The van der Waals surface area contributed by atoms with Gasteiger partial charge in [-0.05, 0) is 49.2 Å². The summed E-state index contributed by atoms with van der Waals surface area (Å²) in [5.41, 5.74) is 0.448. The fourth-order valence-electron chi connectivity index (χ4n) is 3.44. The summed E-state index contributed by atoms with van der Waals surface area (Å²) < 4.78 is 49.8. The Kier molecular flexibility index (Phi) is 6.47. The summed E-state index contributed by atoms with van der Waals surface area (Å²) in [6, 6.07) is 8.27. The van der Waals surface area contributed by atoms with Crippen molar-refractivity contribution in [2.45, 2.75) is 25.9 Å². The topological polar surface area (TPSA) is 71.8 Å². The first-order chi connectivity index (χ1) is 15.0. The third-order valence-electron chi connectivity index (χ3n) is 5.18. The highest BCUT2D eigenvalue weighted by atomic mass is 19.4. The number of ether oxygens (including phenoxy) is 1. The van der Waals surface area contributed by atoms with Crippen molar-refractivity contribution in [2.24, 2.45) is 0 Å². The third-order valence-corrected chi connectivity index (χ3v) is 5.18. The number of carbonyl (C=O) groups is 1. The summed E-state index contributed by atoms with van der Waals surface area (Å²) in [5.74, 6) is 0.0333. The summed E-state index contributed by atoms with van der Waals surface area (Å²) in [4.78, 5) is 26.6. The minimum Gasteiger partial charge on any atom is -0.497 e. The maximum atomic E-state index is 13.1. The summed E-state index contributed by atoms with van der Waals surface area (Å²) in [6.45, 7) is 1.76. The molecule has 0 aliphatic heterocycles. The van der Waals surface area contributed by atoms with E-state index in [1.807, 2.05) is 0 Å². The first kappa shape index (κ1) is 23.2. The van der Waals surface area contributed by atoms with E-state index in [0.29, 0.717) is 33.5 Å². The van der Waals surface area contributed by atoms with Crippen molar-refractivity contribution in [3.63, 3.8) is 0 Å². The Labute approximate surface area is 182 Å². The molecule has 0 bridgehead atoms. The lowest BCUT2D eigenvalue weighted by atomic mass is 10.0. The van der Waals surface area contributed by atoms with E-state index >= 15 is 0 Å². The van der Waals surface area contributed by atoms with Crippen LogP contribution < -0.4 is 20.6 Å². The van der Waals surface area contributed by atoms with E-state index in [1.165, 1.54) is 13.2 Å². The second-order valence-electron chi connectivity index (χ2n) is 7.53. The van der Waals surface area contributed by atoms with Gasteiger partial charge < -0.3 is 19.4 Å². The maximum Gasteiger partial charge on any atom is 0.416 e. The monoisotopic (exact) mass is 448 g/mol. The molecule has 0 saturated heterocycles. The molecule has 3 rings (SSSR count). The number of alkyl halides is 3. The molecular weight excluding hydrogens is 425 g/mol. The molecule has 1 heterocycles. The molecule has 2 aromatic carbocycles. The van der Waals surface area contributed by atoms with Gasteiger partial charge in [0.1, 0.15) is 11.3 Å². The lowest BCUT2D eigenvalue weighted by Gasteiger charge is -2.20. The van der Waals surface area contributed by atoms with E-state index in [0.717, 1.165) is 12.1 Å². The van der Waals surface area contributed by atoms with Crippen LogP contribution in [0.2, 0.25) is 0 Å². The van der Waals surface area contributed by atoms with Crippen molar-refractivity contribution in [1.82, 2.24) is 0 Å². The highest BCUT2D eigenvalue weighted by Gasteiger charge is 2.31. The fourth-order valence-corrected chi connectivity index (χ4v) is 3.44. The quantitative estimate of drug-likeness (QED) is 0.551. The van der Waals surface area contributed by atoms with Crippen LogP contribution in [-0.4, -0.2) is 27.1 Å². The van der Waals surface area contributed by atoms with Gasteiger partial charge in [-0.2, -0.15) is 13.2 Å². The molecule has 6 nitrogen and oxygen atoms in total. The Bertz CT molecular complexity index is 1220. The van der Waals surface area contributed by atoms with Gasteiger partial charge in [-0.25, -0.2) is 4.79 Å². The van der Waals surface area contributed by atoms with Crippen LogP contribution >= 0.6 is 0 Å². The number of hydrogen-bond donors (Lipinski definition) is 1. The standard InChI is InChI=1S/C23H23F3N2O4/c1-13-16-7-6-15(31-4)12-20(16)32-22(30)17(13)8-10-21(29)27-18-11-14(23(24,25)26)5-9-19(18)28(2)3/h5-7,9,11-12H,8,10H2,1-4H3,(H,27,29). The molecule has 0 radical (unpaired) electrons. The van der Waals surface area contributed by atoms with Gasteiger partial charge in [-0.3, -0.25) is 4.79 Å². The number of aryl methyl sites for hydroxylation is 1.